The first-order valence-corrected chi connectivity index (χ1v) is 9.69. The number of carbonyl (C=O) groups excluding carboxylic acids is 1. The lowest BCUT2D eigenvalue weighted by Gasteiger charge is -2.36. The maximum Gasteiger partial charge on any atom is 0.311 e. The fraction of sp³-hybridized carbons (Fsp3) is 0.692. The minimum Gasteiger partial charge on any atom is -0.351 e. The molecule has 2 heterocycles. The molecule has 22 heavy (non-hydrogen) atoms. The third-order valence-corrected chi connectivity index (χ3v) is 5.53. The van der Waals surface area contributed by atoms with E-state index in [0.29, 0.717) is 19.1 Å². The van der Waals surface area contributed by atoms with E-state index in [4.69, 9.17) is 4.18 Å². The molecule has 1 aliphatic heterocycles. The summed E-state index contributed by atoms with van der Waals surface area (Å²) in [6, 6.07) is 0.468. The zero-order valence-electron chi connectivity index (χ0n) is 13.0. The van der Waals surface area contributed by atoms with Crippen LogP contribution in [0.15, 0.2) is 5.38 Å². The molecule has 1 aromatic heterocycles. The highest BCUT2D eigenvalue weighted by Crippen LogP contribution is 2.21. The van der Waals surface area contributed by atoms with Crippen molar-refractivity contribution in [3.63, 3.8) is 0 Å². The van der Waals surface area contributed by atoms with Gasteiger partial charge in [0.2, 0.25) is 0 Å². The molecule has 0 spiro atoms. The molecule has 0 saturated carbocycles. The van der Waals surface area contributed by atoms with Gasteiger partial charge in [0.05, 0.1) is 5.75 Å². The van der Waals surface area contributed by atoms with E-state index in [1.54, 1.807) is 4.90 Å². The maximum atomic E-state index is 12.4. The van der Waals surface area contributed by atoms with Crippen molar-refractivity contribution >= 4 is 27.4 Å². The second-order valence-electron chi connectivity index (χ2n) is 5.35. The second-order valence-corrected chi connectivity index (χ2v) is 8.03. The van der Waals surface area contributed by atoms with E-state index in [0.717, 1.165) is 24.4 Å². The molecule has 9 heteroatoms. The second kappa shape index (κ2) is 6.93. The van der Waals surface area contributed by atoms with Crippen LogP contribution in [-0.2, 0) is 10.1 Å². The molecule has 0 radical (unpaired) electrons. The Bertz CT molecular complexity index is 619. The van der Waals surface area contributed by atoms with Gasteiger partial charge in [-0.25, -0.2) is 0 Å². The molecule has 1 saturated heterocycles. The Morgan fingerprint density at radius 2 is 2.00 bits per heavy atom. The number of hydrogen-bond donors (Lipinski definition) is 0. The average Bonchev–Trinajstić information content (AvgIpc) is 2.94. The fourth-order valence-corrected chi connectivity index (χ4v) is 3.52. The molecule has 1 amide bonds. The van der Waals surface area contributed by atoms with Gasteiger partial charge in [0.1, 0.15) is 5.69 Å². The van der Waals surface area contributed by atoms with Crippen LogP contribution in [0, 0.1) is 0 Å². The lowest BCUT2D eigenvalue weighted by molar-refractivity contribution is 0.0590. The van der Waals surface area contributed by atoms with Crippen molar-refractivity contribution in [2.24, 2.45) is 0 Å². The van der Waals surface area contributed by atoms with Crippen molar-refractivity contribution in [2.75, 3.05) is 31.9 Å². The number of rotatable bonds is 5. The van der Waals surface area contributed by atoms with Crippen LogP contribution < -0.4 is 4.18 Å². The van der Waals surface area contributed by atoms with Gasteiger partial charge in [-0.15, -0.1) is 0 Å². The van der Waals surface area contributed by atoms with Crippen molar-refractivity contribution in [1.29, 1.82) is 0 Å². The Morgan fingerprint density at radius 1 is 1.36 bits per heavy atom. The van der Waals surface area contributed by atoms with E-state index >= 15 is 0 Å². The van der Waals surface area contributed by atoms with E-state index in [1.165, 1.54) is 12.3 Å². The summed E-state index contributed by atoms with van der Waals surface area (Å²) in [6.07, 6.45) is 0. The molecule has 0 N–H and O–H groups in total. The maximum absolute atomic E-state index is 12.4. The van der Waals surface area contributed by atoms with E-state index < -0.39 is 10.1 Å². The lowest BCUT2D eigenvalue weighted by atomic mass is 10.2. The molecule has 0 aromatic carbocycles. The summed E-state index contributed by atoms with van der Waals surface area (Å²) in [4.78, 5) is 20.4. The number of nitrogens with zero attached hydrogens (tertiary/aromatic N) is 3. The van der Waals surface area contributed by atoms with E-state index in [9.17, 15) is 13.2 Å². The Balaban J connectivity index is 1.98. The summed E-state index contributed by atoms with van der Waals surface area (Å²) in [5.41, 5.74) is 0.240. The third kappa shape index (κ3) is 4.17. The predicted molar refractivity (Wildman–Crippen MR) is 84.8 cm³/mol. The smallest absolute Gasteiger partial charge is 0.311 e. The van der Waals surface area contributed by atoms with E-state index in [-0.39, 0.29) is 22.5 Å². The number of piperazine rings is 1. The van der Waals surface area contributed by atoms with Crippen LogP contribution in [0.1, 0.15) is 31.3 Å². The van der Waals surface area contributed by atoms with Crippen molar-refractivity contribution in [3.8, 4) is 5.19 Å². The number of carbonyl (C=O) groups is 1. The molecule has 0 atom stereocenters. The van der Waals surface area contributed by atoms with Gasteiger partial charge in [-0.3, -0.25) is 9.69 Å². The van der Waals surface area contributed by atoms with Crippen LogP contribution in [0.2, 0.25) is 0 Å². The molecule has 0 unspecified atom stereocenters. The zero-order valence-corrected chi connectivity index (χ0v) is 14.6. The van der Waals surface area contributed by atoms with Crippen LogP contribution >= 0.6 is 11.3 Å². The van der Waals surface area contributed by atoms with Crippen LogP contribution in [0.4, 0.5) is 0 Å². The summed E-state index contributed by atoms with van der Waals surface area (Å²) in [5, 5.41) is 1.53. The third-order valence-electron chi connectivity index (χ3n) is 3.59. The number of hydrogen-bond acceptors (Lipinski definition) is 7. The highest BCUT2D eigenvalue weighted by molar-refractivity contribution is 7.87. The topological polar surface area (TPSA) is 79.8 Å². The molecule has 1 aromatic rings. The van der Waals surface area contributed by atoms with Gasteiger partial charge in [-0.1, -0.05) is 11.3 Å². The molecule has 0 aliphatic carbocycles. The van der Waals surface area contributed by atoms with Crippen molar-refractivity contribution < 1.29 is 17.4 Å². The molecule has 1 aliphatic rings. The van der Waals surface area contributed by atoms with Crippen molar-refractivity contribution in [3.05, 3.63) is 11.1 Å². The molecular weight excluding hydrogens is 326 g/mol. The summed E-state index contributed by atoms with van der Waals surface area (Å²) >= 11 is 1.02. The summed E-state index contributed by atoms with van der Waals surface area (Å²) < 4.78 is 27.6. The van der Waals surface area contributed by atoms with Crippen LogP contribution in [-0.4, -0.2) is 67.1 Å². The van der Waals surface area contributed by atoms with Gasteiger partial charge in [-0.2, -0.15) is 13.4 Å². The Labute approximate surface area is 135 Å². The van der Waals surface area contributed by atoms with Gasteiger partial charge in [0.15, 0.2) is 0 Å². The quantitative estimate of drug-likeness (QED) is 0.741. The first kappa shape index (κ1) is 17.2. The summed E-state index contributed by atoms with van der Waals surface area (Å²) in [7, 11) is -3.61. The van der Waals surface area contributed by atoms with Crippen LogP contribution in [0.3, 0.4) is 0 Å². The van der Waals surface area contributed by atoms with Gasteiger partial charge in [0, 0.05) is 37.6 Å². The van der Waals surface area contributed by atoms with Gasteiger partial charge >= 0.3 is 10.1 Å². The molecule has 2 rings (SSSR count). The first-order valence-electron chi connectivity index (χ1n) is 7.23. The Hall–Kier alpha value is -1.19. The standard InChI is InChI=1S/C13H21N3O4S2/c1-4-22(18,19)20-13-14-11(9-21-13)12(17)16-7-5-15(6-8-16)10(2)3/h9-10H,4-8H2,1-3H3. The highest BCUT2D eigenvalue weighted by atomic mass is 32.2. The van der Waals surface area contributed by atoms with Crippen molar-refractivity contribution in [1.82, 2.24) is 14.8 Å². The molecule has 0 bridgehead atoms. The van der Waals surface area contributed by atoms with E-state index in [1.807, 2.05) is 0 Å². The predicted octanol–water partition coefficient (Wildman–Crippen LogP) is 1.04. The molecular formula is C13H21N3O4S2. The van der Waals surface area contributed by atoms with Crippen molar-refractivity contribution in [2.45, 2.75) is 26.8 Å². The SMILES string of the molecule is CCS(=O)(=O)Oc1nc(C(=O)N2CCN(C(C)C)CC2)cs1. The molecule has 7 nitrogen and oxygen atoms in total. The number of thiazole rings is 1. The zero-order chi connectivity index (χ0) is 16.3. The number of amides is 1. The average molecular weight is 347 g/mol. The van der Waals surface area contributed by atoms with Crippen LogP contribution in [0.5, 0.6) is 5.19 Å². The monoisotopic (exact) mass is 347 g/mol. The van der Waals surface area contributed by atoms with Gasteiger partial charge < -0.3 is 9.08 Å². The summed E-state index contributed by atoms with van der Waals surface area (Å²) in [6.45, 7) is 8.73. The normalized spacial score (nSPS) is 17.0. The largest absolute Gasteiger partial charge is 0.351 e. The number of aromatic nitrogens is 1. The summed E-state index contributed by atoms with van der Waals surface area (Å²) in [5.74, 6) is -0.309. The molecule has 124 valence electrons. The lowest BCUT2D eigenvalue weighted by Crippen LogP contribution is -2.50. The first-order chi connectivity index (χ1) is 10.3. The minimum absolute atomic E-state index is 0.00832. The fourth-order valence-electron chi connectivity index (χ4n) is 2.16. The molecule has 1 fully saturated rings. The Kier molecular flexibility index (Phi) is 5.41. The van der Waals surface area contributed by atoms with E-state index in [2.05, 4.69) is 23.7 Å². The Morgan fingerprint density at radius 3 is 2.55 bits per heavy atom. The van der Waals surface area contributed by atoms with Gasteiger partial charge in [-0.05, 0) is 20.8 Å². The highest BCUT2D eigenvalue weighted by Gasteiger charge is 2.25. The minimum atomic E-state index is -3.61. The van der Waals surface area contributed by atoms with Crippen LogP contribution in [0.25, 0.3) is 0 Å². The van der Waals surface area contributed by atoms with Gasteiger partial charge in [0.25, 0.3) is 11.1 Å².